The Bertz CT molecular complexity index is 980. The van der Waals surface area contributed by atoms with E-state index < -0.39 is 0 Å². The summed E-state index contributed by atoms with van der Waals surface area (Å²) in [6, 6.07) is 17.3. The summed E-state index contributed by atoms with van der Waals surface area (Å²) in [5.41, 5.74) is 2.32. The molecule has 0 aliphatic rings. The summed E-state index contributed by atoms with van der Waals surface area (Å²) < 4.78 is 5.24. The molecule has 3 aromatic rings. The van der Waals surface area contributed by atoms with Crippen molar-refractivity contribution in [3.8, 4) is 5.75 Å². The Morgan fingerprint density at radius 2 is 1.89 bits per heavy atom. The van der Waals surface area contributed by atoms with Crippen LogP contribution in [0.2, 0.25) is 0 Å². The van der Waals surface area contributed by atoms with E-state index in [0.717, 1.165) is 22.2 Å². The SMILES string of the molecule is CCN(Cc1ccccc1)C(=O)CCc1cc2cc(OC)ccc2[nH]c1=O. The first-order valence-corrected chi connectivity index (χ1v) is 9.12. The van der Waals surface area contributed by atoms with Crippen LogP contribution in [-0.4, -0.2) is 29.4 Å². The van der Waals surface area contributed by atoms with E-state index in [1.54, 1.807) is 7.11 Å². The van der Waals surface area contributed by atoms with Gasteiger partial charge in [-0.15, -0.1) is 0 Å². The van der Waals surface area contributed by atoms with Crippen LogP contribution in [0.4, 0.5) is 0 Å². The van der Waals surface area contributed by atoms with Crippen molar-refractivity contribution in [2.75, 3.05) is 13.7 Å². The highest BCUT2D eigenvalue weighted by atomic mass is 16.5. The van der Waals surface area contributed by atoms with Crippen molar-refractivity contribution in [3.63, 3.8) is 0 Å². The van der Waals surface area contributed by atoms with Crippen LogP contribution in [0.15, 0.2) is 59.4 Å². The van der Waals surface area contributed by atoms with E-state index in [1.807, 2.05) is 66.4 Å². The van der Waals surface area contributed by atoms with Gasteiger partial charge < -0.3 is 14.6 Å². The summed E-state index contributed by atoms with van der Waals surface area (Å²) >= 11 is 0. The van der Waals surface area contributed by atoms with E-state index in [4.69, 9.17) is 4.74 Å². The molecule has 0 saturated heterocycles. The van der Waals surface area contributed by atoms with Crippen LogP contribution >= 0.6 is 0 Å². The third kappa shape index (κ3) is 4.56. The van der Waals surface area contributed by atoms with E-state index in [-0.39, 0.29) is 11.5 Å². The van der Waals surface area contributed by atoms with Gasteiger partial charge in [-0.3, -0.25) is 9.59 Å². The van der Waals surface area contributed by atoms with Gasteiger partial charge in [0.05, 0.1) is 7.11 Å². The summed E-state index contributed by atoms with van der Waals surface area (Å²) in [4.78, 5) is 29.6. The zero-order chi connectivity index (χ0) is 19.2. The number of aromatic amines is 1. The molecule has 140 valence electrons. The first-order chi connectivity index (χ1) is 13.1. The van der Waals surface area contributed by atoms with Gasteiger partial charge in [0, 0.05) is 36.0 Å². The van der Waals surface area contributed by atoms with E-state index in [9.17, 15) is 9.59 Å². The molecule has 3 rings (SSSR count). The molecule has 0 unspecified atom stereocenters. The number of methoxy groups -OCH3 is 1. The highest BCUT2D eigenvalue weighted by Crippen LogP contribution is 2.19. The van der Waals surface area contributed by atoms with Gasteiger partial charge in [0.2, 0.25) is 5.91 Å². The van der Waals surface area contributed by atoms with Crippen molar-refractivity contribution in [1.29, 1.82) is 0 Å². The van der Waals surface area contributed by atoms with E-state index in [2.05, 4.69) is 4.98 Å². The maximum absolute atomic E-state index is 12.6. The molecule has 2 aromatic carbocycles. The number of carbonyl (C=O) groups excluding carboxylic acids is 1. The third-order valence-corrected chi connectivity index (χ3v) is 4.69. The number of aryl methyl sites for hydroxylation is 1. The fourth-order valence-corrected chi connectivity index (χ4v) is 3.12. The second-order valence-corrected chi connectivity index (χ2v) is 6.47. The van der Waals surface area contributed by atoms with Crippen LogP contribution in [0, 0.1) is 0 Å². The number of H-pyrrole nitrogens is 1. The average molecular weight is 364 g/mol. The number of aromatic nitrogens is 1. The maximum Gasteiger partial charge on any atom is 0.251 e. The zero-order valence-electron chi connectivity index (χ0n) is 15.7. The minimum Gasteiger partial charge on any atom is -0.497 e. The predicted molar refractivity (Wildman–Crippen MR) is 107 cm³/mol. The van der Waals surface area contributed by atoms with Gasteiger partial charge in [0.15, 0.2) is 0 Å². The number of amides is 1. The lowest BCUT2D eigenvalue weighted by molar-refractivity contribution is -0.131. The highest BCUT2D eigenvalue weighted by molar-refractivity contribution is 5.81. The molecule has 0 bridgehead atoms. The molecule has 0 atom stereocenters. The quantitative estimate of drug-likeness (QED) is 0.698. The first-order valence-electron chi connectivity index (χ1n) is 9.12. The number of benzene rings is 2. The number of fused-ring (bicyclic) bond motifs is 1. The molecule has 1 amide bonds. The maximum atomic E-state index is 12.6. The Kier molecular flexibility index (Phi) is 5.91. The highest BCUT2D eigenvalue weighted by Gasteiger charge is 2.13. The summed E-state index contributed by atoms with van der Waals surface area (Å²) in [5, 5.41) is 0.896. The first kappa shape index (κ1) is 18.7. The van der Waals surface area contributed by atoms with Crippen molar-refractivity contribution >= 4 is 16.8 Å². The zero-order valence-corrected chi connectivity index (χ0v) is 15.7. The Morgan fingerprint density at radius 3 is 2.59 bits per heavy atom. The van der Waals surface area contributed by atoms with Crippen LogP contribution < -0.4 is 10.3 Å². The van der Waals surface area contributed by atoms with Gasteiger partial charge in [0.1, 0.15) is 5.75 Å². The van der Waals surface area contributed by atoms with Crippen molar-refractivity contribution in [1.82, 2.24) is 9.88 Å². The summed E-state index contributed by atoms with van der Waals surface area (Å²) in [6.45, 7) is 3.19. The lowest BCUT2D eigenvalue weighted by Crippen LogP contribution is -2.30. The number of nitrogens with zero attached hydrogens (tertiary/aromatic N) is 1. The Morgan fingerprint density at radius 1 is 1.11 bits per heavy atom. The summed E-state index contributed by atoms with van der Waals surface area (Å²) in [7, 11) is 1.61. The van der Waals surface area contributed by atoms with E-state index in [0.29, 0.717) is 31.5 Å². The van der Waals surface area contributed by atoms with Gasteiger partial charge in [0.25, 0.3) is 5.56 Å². The molecular formula is C22H24N2O3. The third-order valence-electron chi connectivity index (χ3n) is 4.69. The number of carbonyl (C=O) groups is 1. The smallest absolute Gasteiger partial charge is 0.251 e. The predicted octanol–water partition coefficient (Wildman–Crippen LogP) is 3.52. The fraction of sp³-hybridized carbons (Fsp3) is 0.273. The second kappa shape index (κ2) is 8.54. The molecule has 0 radical (unpaired) electrons. The molecule has 0 saturated carbocycles. The van der Waals surface area contributed by atoms with E-state index in [1.165, 1.54) is 0 Å². The van der Waals surface area contributed by atoms with Crippen LogP contribution in [0.3, 0.4) is 0 Å². The van der Waals surface area contributed by atoms with Gasteiger partial charge >= 0.3 is 0 Å². The minimum atomic E-state index is -0.147. The summed E-state index contributed by atoms with van der Waals surface area (Å²) in [6.07, 6.45) is 0.714. The van der Waals surface area contributed by atoms with Crippen LogP contribution in [0.5, 0.6) is 5.75 Å². The largest absolute Gasteiger partial charge is 0.497 e. The Labute approximate surface area is 158 Å². The number of hydrogen-bond acceptors (Lipinski definition) is 3. The molecule has 0 fully saturated rings. The summed E-state index contributed by atoms with van der Waals surface area (Å²) in [5.74, 6) is 0.781. The number of ether oxygens (including phenoxy) is 1. The van der Waals surface area contributed by atoms with Crippen LogP contribution in [0.1, 0.15) is 24.5 Å². The topological polar surface area (TPSA) is 62.4 Å². The number of nitrogens with one attached hydrogen (secondary N) is 1. The number of pyridine rings is 1. The molecule has 0 spiro atoms. The van der Waals surface area contributed by atoms with Gasteiger partial charge in [-0.05, 0) is 43.2 Å². The molecule has 5 nitrogen and oxygen atoms in total. The van der Waals surface area contributed by atoms with E-state index >= 15 is 0 Å². The lowest BCUT2D eigenvalue weighted by Gasteiger charge is -2.21. The molecule has 1 aromatic heterocycles. The normalized spacial score (nSPS) is 10.7. The molecule has 0 aliphatic carbocycles. The van der Waals surface area contributed by atoms with Gasteiger partial charge in [-0.25, -0.2) is 0 Å². The van der Waals surface area contributed by atoms with Gasteiger partial charge in [-0.1, -0.05) is 30.3 Å². The monoisotopic (exact) mass is 364 g/mol. The van der Waals surface area contributed by atoms with Crippen LogP contribution in [-0.2, 0) is 17.8 Å². The Hall–Kier alpha value is -3.08. The molecule has 27 heavy (non-hydrogen) atoms. The van der Waals surface area contributed by atoms with Crippen molar-refractivity contribution in [3.05, 3.63) is 76.1 Å². The van der Waals surface area contributed by atoms with Crippen molar-refractivity contribution in [2.24, 2.45) is 0 Å². The van der Waals surface area contributed by atoms with Crippen molar-refractivity contribution in [2.45, 2.75) is 26.3 Å². The van der Waals surface area contributed by atoms with Crippen LogP contribution in [0.25, 0.3) is 10.9 Å². The molecule has 0 aliphatic heterocycles. The molecule has 5 heteroatoms. The lowest BCUT2D eigenvalue weighted by atomic mass is 10.1. The Balaban J connectivity index is 1.71. The number of rotatable bonds is 7. The van der Waals surface area contributed by atoms with Crippen molar-refractivity contribution < 1.29 is 9.53 Å². The molecule has 1 N–H and O–H groups in total. The standard InChI is InChI=1S/C22H24N2O3/c1-3-24(15-16-7-5-4-6-8-16)21(25)12-9-17-13-18-14-19(27-2)10-11-20(18)23-22(17)26/h4-8,10-11,13-14H,3,9,12,15H2,1-2H3,(H,23,26). The minimum absolute atomic E-state index is 0.0477. The number of hydrogen-bond donors (Lipinski definition) is 1. The molecular weight excluding hydrogens is 340 g/mol. The second-order valence-electron chi connectivity index (χ2n) is 6.47. The average Bonchev–Trinajstić information content (AvgIpc) is 2.70. The molecule has 1 heterocycles. The van der Waals surface area contributed by atoms with Gasteiger partial charge in [-0.2, -0.15) is 0 Å². The fourth-order valence-electron chi connectivity index (χ4n) is 3.12.